The predicted octanol–water partition coefficient (Wildman–Crippen LogP) is 13.1. The molecule has 0 saturated carbocycles. The van der Waals surface area contributed by atoms with Gasteiger partial charge in [0.1, 0.15) is 16.7 Å². The van der Waals surface area contributed by atoms with Crippen molar-refractivity contribution >= 4 is 82.7 Å². The van der Waals surface area contributed by atoms with E-state index in [1.165, 1.54) is 16.3 Å². The molecule has 0 bridgehead atoms. The molecular formula is C47H29N3O2. The molecular weight excluding hydrogens is 639 g/mol. The number of oxazole rings is 1. The van der Waals surface area contributed by atoms with Crippen LogP contribution < -0.4 is 4.90 Å². The van der Waals surface area contributed by atoms with Crippen LogP contribution in [0.25, 0.3) is 82.8 Å². The minimum Gasteiger partial charge on any atom is -0.456 e. The molecule has 3 aromatic heterocycles. The minimum absolute atomic E-state index is 0.620. The Morgan fingerprint density at radius 1 is 0.423 bits per heavy atom. The minimum atomic E-state index is 0.620. The van der Waals surface area contributed by atoms with Crippen LogP contribution in [0.4, 0.5) is 17.1 Å². The van der Waals surface area contributed by atoms with E-state index in [4.69, 9.17) is 13.8 Å². The monoisotopic (exact) mass is 667 g/mol. The number of aromatic nitrogens is 2. The number of fused-ring (bicyclic) bond motifs is 9. The Kier molecular flexibility index (Phi) is 6.18. The molecule has 244 valence electrons. The van der Waals surface area contributed by atoms with Gasteiger partial charge in [-0.05, 0) is 90.3 Å². The Labute approximate surface area is 298 Å². The van der Waals surface area contributed by atoms with E-state index in [0.717, 1.165) is 77.6 Å². The van der Waals surface area contributed by atoms with Crippen LogP contribution in [0.15, 0.2) is 185 Å². The van der Waals surface area contributed by atoms with Gasteiger partial charge in [-0.25, -0.2) is 4.98 Å². The maximum atomic E-state index is 6.41. The van der Waals surface area contributed by atoms with Gasteiger partial charge in [0.15, 0.2) is 5.58 Å². The summed E-state index contributed by atoms with van der Waals surface area (Å²) in [5.41, 5.74) is 10.8. The van der Waals surface area contributed by atoms with Gasteiger partial charge in [-0.15, -0.1) is 0 Å². The van der Waals surface area contributed by atoms with Crippen LogP contribution in [-0.4, -0.2) is 9.55 Å². The van der Waals surface area contributed by atoms with E-state index in [1.807, 2.05) is 48.5 Å². The largest absolute Gasteiger partial charge is 0.456 e. The summed E-state index contributed by atoms with van der Waals surface area (Å²) in [5.74, 6) is 0.620. The van der Waals surface area contributed by atoms with Gasteiger partial charge in [0, 0.05) is 61.3 Å². The zero-order valence-corrected chi connectivity index (χ0v) is 27.9. The van der Waals surface area contributed by atoms with E-state index >= 15 is 0 Å². The Balaban J connectivity index is 1.14. The number of benzene rings is 8. The first-order valence-corrected chi connectivity index (χ1v) is 17.5. The van der Waals surface area contributed by atoms with Crippen LogP contribution in [0.3, 0.4) is 0 Å². The number of hydrogen-bond donors (Lipinski definition) is 0. The van der Waals surface area contributed by atoms with Gasteiger partial charge >= 0.3 is 0 Å². The van der Waals surface area contributed by atoms with E-state index in [2.05, 4.69) is 137 Å². The lowest BCUT2D eigenvalue weighted by Crippen LogP contribution is -2.10. The summed E-state index contributed by atoms with van der Waals surface area (Å²) < 4.78 is 15.0. The van der Waals surface area contributed by atoms with E-state index in [1.54, 1.807) is 0 Å². The summed E-state index contributed by atoms with van der Waals surface area (Å²) in [6.45, 7) is 0. The van der Waals surface area contributed by atoms with Crippen molar-refractivity contribution < 1.29 is 8.83 Å². The van der Waals surface area contributed by atoms with Gasteiger partial charge in [0.2, 0.25) is 5.89 Å². The smallest absolute Gasteiger partial charge is 0.227 e. The van der Waals surface area contributed by atoms with Crippen molar-refractivity contribution in [3.63, 3.8) is 0 Å². The third-order valence-electron chi connectivity index (χ3n) is 10.2. The summed E-state index contributed by atoms with van der Waals surface area (Å²) >= 11 is 0. The summed E-state index contributed by atoms with van der Waals surface area (Å²) in [4.78, 5) is 7.28. The van der Waals surface area contributed by atoms with Gasteiger partial charge in [-0.1, -0.05) is 84.9 Å². The Morgan fingerprint density at radius 3 is 1.90 bits per heavy atom. The van der Waals surface area contributed by atoms with Gasteiger partial charge in [-0.3, -0.25) is 0 Å². The second-order valence-corrected chi connectivity index (χ2v) is 13.2. The first-order chi connectivity index (χ1) is 25.8. The molecule has 0 radical (unpaired) electrons. The van der Waals surface area contributed by atoms with Crippen molar-refractivity contribution in [2.75, 3.05) is 4.90 Å². The quantitative estimate of drug-likeness (QED) is 0.183. The number of furan rings is 1. The van der Waals surface area contributed by atoms with E-state index < -0.39 is 0 Å². The molecule has 52 heavy (non-hydrogen) atoms. The predicted molar refractivity (Wildman–Crippen MR) is 213 cm³/mol. The Morgan fingerprint density at radius 2 is 1.06 bits per heavy atom. The molecule has 0 atom stereocenters. The molecule has 0 aliphatic carbocycles. The summed E-state index contributed by atoms with van der Waals surface area (Å²) in [5, 5.41) is 6.76. The van der Waals surface area contributed by atoms with Crippen LogP contribution >= 0.6 is 0 Å². The summed E-state index contributed by atoms with van der Waals surface area (Å²) in [6.07, 6.45) is 0. The topological polar surface area (TPSA) is 47.3 Å². The molecule has 0 unspecified atom stereocenters. The van der Waals surface area contributed by atoms with Crippen LogP contribution in [0.2, 0.25) is 0 Å². The fraction of sp³-hybridized carbons (Fsp3) is 0. The van der Waals surface area contributed by atoms with Gasteiger partial charge < -0.3 is 18.3 Å². The summed E-state index contributed by atoms with van der Waals surface area (Å²) in [6, 6.07) is 61.5. The fourth-order valence-corrected chi connectivity index (χ4v) is 7.80. The third-order valence-corrected chi connectivity index (χ3v) is 10.2. The second kappa shape index (κ2) is 11.2. The van der Waals surface area contributed by atoms with Crippen molar-refractivity contribution in [3.05, 3.63) is 176 Å². The number of rotatable bonds is 5. The second-order valence-electron chi connectivity index (χ2n) is 13.2. The normalized spacial score (nSPS) is 11.8. The standard InChI is InChI=1S/C47H29N3O2/c1-3-11-30(12-4-1)47-48-46-36-23-20-33(27-31(36)19-26-44(46)52-47)49(35-22-25-40-39-16-8-10-18-43(39)51-45(40)29-35)34-21-24-38-37-15-7-9-17-41(37)50(42(38)28-34)32-13-5-2-6-14-32/h1-29H. The highest BCUT2D eigenvalue weighted by molar-refractivity contribution is 6.11. The van der Waals surface area contributed by atoms with Gasteiger partial charge in [0.25, 0.3) is 0 Å². The molecule has 3 heterocycles. The lowest BCUT2D eigenvalue weighted by atomic mass is 10.1. The van der Waals surface area contributed by atoms with E-state index in [0.29, 0.717) is 5.89 Å². The maximum Gasteiger partial charge on any atom is 0.227 e. The molecule has 8 aromatic carbocycles. The molecule has 11 rings (SSSR count). The highest BCUT2D eigenvalue weighted by Crippen LogP contribution is 2.43. The van der Waals surface area contributed by atoms with Crippen molar-refractivity contribution in [1.29, 1.82) is 0 Å². The molecule has 0 fully saturated rings. The number of hydrogen-bond acceptors (Lipinski definition) is 4. The van der Waals surface area contributed by atoms with Gasteiger partial charge in [-0.2, -0.15) is 0 Å². The van der Waals surface area contributed by atoms with Gasteiger partial charge in [0.05, 0.1) is 11.0 Å². The first-order valence-electron chi connectivity index (χ1n) is 17.5. The molecule has 0 aliphatic rings. The zero-order chi connectivity index (χ0) is 34.2. The average Bonchev–Trinajstić information content (AvgIpc) is 3.90. The number of anilines is 3. The molecule has 5 heteroatoms. The Bertz CT molecular complexity index is 3140. The van der Waals surface area contributed by atoms with Crippen molar-refractivity contribution in [2.24, 2.45) is 0 Å². The molecule has 0 amide bonds. The molecule has 5 nitrogen and oxygen atoms in total. The fourth-order valence-electron chi connectivity index (χ4n) is 7.80. The molecule has 0 N–H and O–H groups in total. The zero-order valence-electron chi connectivity index (χ0n) is 27.9. The maximum absolute atomic E-state index is 6.41. The summed E-state index contributed by atoms with van der Waals surface area (Å²) in [7, 11) is 0. The SMILES string of the molecule is c1ccc(-c2nc3c(ccc4cc(N(c5ccc6c(c5)oc5ccccc56)c5ccc6c7ccccc7n(-c7ccccc7)c6c5)ccc43)o2)cc1. The lowest BCUT2D eigenvalue weighted by molar-refractivity contribution is 0.620. The highest BCUT2D eigenvalue weighted by Gasteiger charge is 2.20. The molecule has 11 aromatic rings. The van der Waals surface area contributed by atoms with Crippen molar-refractivity contribution in [3.8, 4) is 17.1 Å². The van der Waals surface area contributed by atoms with E-state index in [9.17, 15) is 0 Å². The average molecular weight is 668 g/mol. The van der Waals surface area contributed by atoms with Crippen LogP contribution in [0.1, 0.15) is 0 Å². The highest BCUT2D eigenvalue weighted by atomic mass is 16.3. The molecule has 0 spiro atoms. The molecule has 0 saturated heterocycles. The number of nitrogens with zero attached hydrogens (tertiary/aromatic N) is 3. The van der Waals surface area contributed by atoms with Crippen molar-refractivity contribution in [1.82, 2.24) is 9.55 Å². The van der Waals surface area contributed by atoms with Crippen LogP contribution in [0, 0.1) is 0 Å². The van der Waals surface area contributed by atoms with Crippen molar-refractivity contribution in [2.45, 2.75) is 0 Å². The first kappa shape index (κ1) is 28.7. The third kappa shape index (κ3) is 4.39. The van der Waals surface area contributed by atoms with E-state index in [-0.39, 0.29) is 0 Å². The van der Waals surface area contributed by atoms with Crippen LogP contribution in [-0.2, 0) is 0 Å². The molecule has 0 aliphatic heterocycles. The Hall–Kier alpha value is -7.11. The van der Waals surface area contributed by atoms with Crippen LogP contribution in [0.5, 0.6) is 0 Å². The number of para-hydroxylation sites is 3. The lowest BCUT2D eigenvalue weighted by Gasteiger charge is -2.26.